The van der Waals surface area contributed by atoms with Crippen LogP contribution in [-0.4, -0.2) is 117 Å². The fourth-order valence-corrected chi connectivity index (χ4v) is 4.53. The van der Waals surface area contributed by atoms with Crippen LogP contribution in [0.4, 0.5) is 0 Å². The number of H-pyrrole nitrogens is 1. The monoisotopic (exact) mass is 609 g/mol. The van der Waals surface area contributed by atoms with Gasteiger partial charge in [-0.05, 0) is 52.5 Å². The minimum absolute atomic E-state index is 0.181. The Kier molecular flexibility index (Phi) is 14.0. The van der Waals surface area contributed by atoms with Crippen LogP contribution in [-0.2, 0) is 35.2 Å². The number of rotatable bonds is 17. The van der Waals surface area contributed by atoms with Gasteiger partial charge in [0.15, 0.2) is 6.04 Å². The van der Waals surface area contributed by atoms with E-state index in [9.17, 15) is 33.9 Å². The molecule has 1 aliphatic rings. The molecular formula is C26H43N9O8. The molecular weight excluding hydrogens is 566 g/mol. The van der Waals surface area contributed by atoms with E-state index in [2.05, 4.69) is 31.2 Å². The average molecular weight is 610 g/mol. The van der Waals surface area contributed by atoms with E-state index in [0.717, 1.165) is 0 Å². The Morgan fingerprint density at radius 2 is 1.81 bits per heavy atom. The van der Waals surface area contributed by atoms with E-state index in [0.29, 0.717) is 37.9 Å². The number of nitrogens with zero attached hydrogens (tertiary/aromatic N) is 2. The predicted octanol–water partition coefficient (Wildman–Crippen LogP) is -3.54. The van der Waals surface area contributed by atoms with E-state index >= 15 is 0 Å². The van der Waals surface area contributed by atoms with Crippen LogP contribution in [0.15, 0.2) is 12.5 Å². The van der Waals surface area contributed by atoms with Gasteiger partial charge < -0.3 is 52.8 Å². The molecule has 0 bridgehead atoms. The van der Waals surface area contributed by atoms with Gasteiger partial charge in [0.2, 0.25) is 29.5 Å². The first-order valence-electron chi connectivity index (χ1n) is 14.2. The number of nitrogens with one attached hydrogen (secondary N) is 5. The maximum atomic E-state index is 13.0. The van der Waals surface area contributed by atoms with Crippen molar-refractivity contribution in [3.05, 3.63) is 18.2 Å². The highest BCUT2D eigenvalue weighted by Crippen LogP contribution is 2.17. The highest BCUT2D eigenvalue weighted by molar-refractivity contribution is 5.95. The summed E-state index contributed by atoms with van der Waals surface area (Å²) in [6.07, 6.45) is 4.08. The molecule has 0 aliphatic carbocycles. The summed E-state index contributed by atoms with van der Waals surface area (Å²) in [4.78, 5) is 83.2. The number of nitrogens with two attached hydrogens (primary N) is 2. The second-order valence-corrected chi connectivity index (χ2v) is 10.5. The van der Waals surface area contributed by atoms with Crippen molar-refractivity contribution in [1.82, 2.24) is 36.1 Å². The fraction of sp³-hybridized carbons (Fsp3) is 0.654. The van der Waals surface area contributed by atoms with Gasteiger partial charge in [0.1, 0.15) is 18.1 Å². The van der Waals surface area contributed by atoms with E-state index in [1.807, 2.05) is 0 Å². The summed E-state index contributed by atoms with van der Waals surface area (Å²) in [5.74, 6) is -4.56. The number of aromatic nitrogens is 2. The van der Waals surface area contributed by atoms with Crippen LogP contribution >= 0.6 is 0 Å². The van der Waals surface area contributed by atoms with Crippen molar-refractivity contribution in [1.29, 1.82) is 0 Å². The van der Waals surface area contributed by atoms with Crippen LogP contribution in [0.1, 0.15) is 51.6 Å². The van der Waals surface area contributed by atoms with Crippen LogP contribution in [0.25, 0.3) is 0 Å². The van der Waals surface area contributed by atoms with Crippen molar-refractivity contribution in [3.63, 3.8) is 0 Å². The second kappa shape index (κ2) is 17.1. The standard InChI is InChI=1S/C26H43N9O8/c1-14(22(38)34-21(15(2)36)26(42)43)32-25(41)19-7-5-9-35(19)20(37)12-30-24(40)18(6-3-4-8-27)33-23(39)17(28)10-16-11-29-13-31-16/h11,13-15,17-19,21,36H,3-10,12,27-28H2,1-2H3,(H,29,31)(H,30,40)(H,32,41)(H,33,39)(H,34,38)(H,42,43)/t14-,15+,17-,18-,19-,21-/m0/s1. The molecule has 0 radical (unpaired) electrons. The number of aliphatic hydroxyl groups is 1. The number of aromatic amines is 1. The number of carboxylic acid groups (broad SMARTS) is 1. The lowest BCUT2D eigenvalue weighted by atomic mass is 10.1. The van der Waals surface area contributed by atoms with E-state index in [-0.39, 0.29) is 19.4 Å². The van der Waals surface area contributed by atoms with Gasteiger partial charge in [0.25, 0.3) is 0 Å². The molecule has 0 spiro atoms. The quantitative estimate of drug-likeness (QED) is 0.0780. The van der Waals surface area contributed by atoms with Crippen molar-refractivity contribution in [2.24, 2.45) is 11.5 Å². The molecule has 0 unspecified atom stereocenters. The minimum atomic E-state index is -1.56. The molecule has 17 nitrogen and oxygen atoms in total. The molecule has 5 amide bonds. The molecule has 43 heavy (non-hydrogen) atoms. The van der Waals surface area contributed by atoms with Gasteiger partial charge in [0, 0.05) is 24.9 Å². The summed E-state index contributed by atoms with van der Waals surface area (Å²) in [6.45, 7) is 2.76. The topological polar surface area (TPSA) is 275 Å². The number of aliphatic carboxylic acids is 1. The lowest BCUT2D eigenvalue weighted by molar-refractivity contribution is -0.145. The Balaban J connectivity index is 1.94. The maximum Gasteiger partial charge on any atom is 0.328 e. The largest absolute Gasteiger partial charge is 0.480 e. The van der Waals surface area contributed by atoms with Crippen molar-refractivity contribution in [2.45, 2.75) is 88.7 Å². The fourth-order valence-electron chi connectivity index (χ4n) is 4.53. The number of hydrogen-bond acceptors (Lipinski definition) is 10. The molecule has 1 aromatic heterocycles. The number of hydrogen-bond donors (Lipinski definition) is 9. The number of likely N-dealkylation sites (tertiary alicyclic amines) is 1. The molecule has 2 rings (SSSR count). The zero-order valence-corrected chi connectivity index (χ0v) is 24.4. The maximum absolute atomic E-state index is 13.0. The van der Waals surface area contributed by atoms with Gasteiger partial charge in [-0.1, -0.05) is 0 Å². The molecule has 1 fully saturated rings. The zero-order chi connectivity index (χ0) is 32.1. The number of aliphatic hydroxyl groups excluding tert-OH is 1. The van der Waals surface area contributed by atoms with E-state index in [1.165, 1.54) is 31.3 Å². The normalized spacial score (nSPS) is 18.1. The molecule has 0 aromatic carbocycles. The zero-order valence-electron chi connectivity index (χ0n) is 24.4. The van der Waals surface area contributed by atoms with Gasteiger partial charge in [-0.2, -0.15) is 0 Å². The number of amides is 5. The lowest BCUT2D eigenvalue weighted by Gasteiger charge is -2.26. The molecule has 1 saturated heterocycles. The van der Waals surface area contributed by atoms with Gasteiger partial charge >= 0.3 is 5.97 Å². The summed E-state index contributed by atoms with van der Waals surface area (Å²) < 4.78 is 0. The molecule has 1 aromatic rings. The number of carboxylic acids is 1. The third-order valence-electron chi connectivity index (χ3n) is 7.00. The van der Waals surface area contributed by atoms with Crippen LogP contribution in [0.2, 0.25) is 0 Å². The molecule has 240 valence electrons. The first-order chi connectivity index (χ1) is 20.3. The van der Waals surface area contributed by atoms with E-state index in [1.54, 1.807) is 0 Å². The summed E-state index contributed by atoms with van der Waals surface area (Å²) in [6, 6.07) is -5.53. The third kappa shape index (κ3) is 10.9. The Labute approximate surface area is 248 Å². The van der Waals surface area contributed by atoms with Crippen molar-refractivity contribution in [3.8, 4) is 0 Å². The first-order valence-corrected chi connectivity index (χ1v) is 14.2. The molecule has 6 atom stereocenters. The highest BCUT2D eigenvalue weighted by Gasteiger charge is 2.36. The Bertz CT molecular complexity index is 1110. The van der Waals surface area contributed by atoms with E-state index in [4.69, 9.17) is 16.6 Å². The minimum Gasteiger partial charge on any atom is -0.480 e. The summed E-state index contributed by atoms with van der Waals surface area (Å²) >= 11 is 0. The van der Waals surface area contributed by atoms with Crippen molar-refractivity contribution in [2.75, 3.05) is 19.6 Å². The van der Waals surface area contributed by atoms with Crippen molar-refractivity contribution >= 4 is 35.5 Å². The molecule has 17 heteroatoms. The number of unbranched alkanes of at least 4 members (excludes halogenated alkanes) is 1. The molecule has 2 heterocycles. The van der Waals surface area contributed by atoms with Crippen LogP contribution < -0.4 is 32.7 Å². The summed E-state index contributed by atoms with van der Waals surface area (Å²) in [5.41, 5.74) is 12.2. The summed E-state index contributed by atoms with van der Waals surface area (Å²) in [5, 5.41) is 28.5. The average Bonchev–Trinajstić information content (AvgIpc) is 3.66. The smallest absolute Gasteiger partial charge is 0.328 e. The second-order valence-electron chi connectivity index (χ2n) is 10.5. The van der Waals surface area contributed by atoms with Crippen molar-refractivity contribution < 1.29 is 39.0 Å². The number of carbonyl (C=O) groups is 6. The van der Waals surface area contributed by atoms with E-state index < -0.39 is 78.4 Å². The van der Waals surface area contributed by atoms with Crippen LogP contribution in [0.5, 0.6) is 0 Å². The highest BCUT2D eigenvalue weighted by atomic mass is 16.4. The Hall–Kier alpha value is -4.09. The summed E-state index contributed by atoms with van der Waals surface area (Å²) in [7, 11) is 0. The Morgan fingerprint density at radius 1 is 1.09 bits per heavy atom. The number of carbonyl (C=O) groups excluding carboxylic acids is 5. The van der Waals surface area contributed by atoms with Gasteiger partial charge in [-0.15, -0.1) is 0 Å². The molecule has 11 N–H and O–H groups in total. The lowest BCUT2D eigenvalue weighted by Crippen LogP contribution is -2.57. The SMILES string of the molecule is C[C@H](NC(=O)[C@@H]1CCCN1C(=O)CNC(=O)[C@H](CCCCN)NC(=O)[C@@H](N)Cc1cnc[nH]1)C(=O)N[C@H](C(=O)O)[C@@H](C)O. The molecule has 1 aliphatic heterocycles. The number of imidazole rings is 1. The van der Waals surface area contributed by atoms with Gasteiger partial charge in [-0.3, -0.25) is 24.0 Å². The first kappa shape index (κ1) is 35.1. The van der Waals surface area contributed by atoms with Gasteiger partial charge in [-0.25, -0.2) is 9.78 Å². The Morgan fingerprint density at radius 3 is 2.42 bits per heavy atom. The van der Waals surface area contributed by atoms with Crippen LogP contribution in [0.3, 0.4) is 0 Å². The third-order valence-corrected chi connectivity index (χ3v) is 7.00. The predicted molar refractivity (Wildman–Crippen MR) is 152 cm³/mol. The van der Waals surface area contributed by atoms with Crippen LogP contribution in [0, 0.1) is 0 Å². The molecule has 0 saturated carbocycles. The van der Waals surface area contributed by atoms with Gasteiger partial charge in [0.05, 0.1) is 25.0 Å².